The van der Waals surface area contributed by atoms with Crippen LogP contribution >= 0.6 is 11.6 Å². The molecule has 7 nitrogen and oxygen atoms in total. The lowest BCUT2D eigenvalue weighted by Crippen LogP contribution is -2.07. The minimum Gasteiger partial charge on any atom is -0.436 e. The zero-order valence-corrected chi connectivity index (χ0v) is 20.6. The Morgan fingerprint density at radius 3 is 2.40 bits per heavy atom. The van der Waals surface area contributed by atoms with Gasteiger partial charge in [0.2, 0.25) is 11.7 Å². The van der Waals surface area contributed by atoms with E-state index in [0.29, 0.717) is 22.1 Å². The average Bonchev–Trinajstić information content (AvgIpc) is 2.84. The molecule has 0 N–H and O–H groups in total. The summed E-state index contributed by atoms with van der Waals surface area (Å²) >= 11 is 6.14. The first-order valence-corrected chi connectivity index (χ1v) is 12.6. The van der Waals surface area contributed by atoms with Crippen LogP contribution in [0.1, 0.15) is 16.1 Å². The van der Waals surface area contributed by atoms with Crippen LogP contribution in [-0.2, 0) is 15.6 Å². The number of rotatable bonds is 8. The van der Waals surface area contributed by atoms with Crippen molar-refractivity contribution >= 4 is 38.0 Å². The minimum atomic E-state index is -3.69. The van der Waals surface area contributed by atoms with E-state index in [-0.39, 0.29) is 33.0 Å². The number of allylic oxidation sites excluding steroid dienone is 1. The third-order valence-electron chi connectivity index (χ3n) is 5.12. The van der Waals surface area contributed by atoms with Crippen LogP contribution in [0.4, 0.5) is 0 Å². The van der Waals surface area contributed by atoms with Crippen molar-refractivity contribution in [2.45, 2.75) is 10.6 Å². The summed E-state index contributed by atoms with van der Waals surface area (Å²) in [6, 6.07) is 17.0. The van der Waals surface area contributed by atoms with Gasteiger partial charge in [-0.15, -0.1) is 0 Å². The van der Waals surface area contributed by atoms with Gasteiger partial charge in [0.05, 0.1) is 15.7 Å². The summed E-state index contributed by atoms with van der Waals surface area (Å²) in [4.78, 5) is 22.8. The van der Waals surface area contributed by atoms with E-state index in [1.165, 1.54) is 24.5 Å². The largest absolute Gasteiger partial charge is 0.436 e. The van der Waals surface area contributed by atoms with Crippen molar-refractivity contribution in [1.82, 2.24) is 14.9 Å². The molecule has 0 saturated carbocycles. The van der Waals surface area contributed by atoms with Gasteiger partial charge in [-0.2, -0.15) is 0 Å². The highest BCUT2D eigenvalue weighted by atomic mass is 35.5. The van der Waals surface area contributed by atoms with Crippen LogP contribution in [0.2, 0.25) is 5.02 Å². The highest BCUT2D eigenvalue weighted by Gasteiger charge is 2.21. The van der Waals surface area contributed by atoms with Gasteiger partial charge in [0.25, 0.3) is 0 Å². The van der Waals surface area contributed by atoms with Gasteiger partial charge in [0.1, 0.15) is 5.75 Å². The lowest BCUT2D eigenvalue weighted by molar-refractivity contribution is 0.103. The van der Waals surface area contributed by atoms with Crippen molar-refractivity contribution in [3.8, 4) is 11.6 Å². The molecule has 4 rings (SSSR count). The number of nitrogens with zero attached hydrogens (tertiary/aromatic N) is 3. The number of carbonyl (C=O) groups is 1. The fourth-order valence-corrected chi connectivity index (χ4v) is 5.45. The summed E-state index contributed by atoms with van der Waals surface area (Å²) in [6.07, 6.45) is 5.86. The van der Waals surface area contributed by atoms with Crippen molar-refractivity contribution in [1.29, 1.82) is 0 Å². The average molecular weight is 508 g/mol. The van der Waals surface area contributed by atoms with Crippen LogP contribution in [0.15, 0.2) is 90.2 Å². The van der Waals surface area contributed by atoms with Gasteiger partial charge in [-0.25, -0.2) is 18.4 Å². The quantitative estimate of drug-likeness (QED) is 0.236. The number of aromatic nitrogens is 2. The van der Waals surface area contributed by atoms with Crippen molar-refractivity contribution in [3.05, 3.63) is 102 Å². The van der Waals surface area contributed by atoms with Crippen LogP contribution in [-0.4, -0.2) is 43.2 Å². The Labute approximate surface area is 208 Å². The summed E-state index contributed by atoms with van der Waals surface area (Å²) in [5.74, 6) is -0.108. The normalized spacial score (nSPS) is 11.6. The van der Waals surface area contributed by atoms with Crippen LogP contribution in [0, 0.1) is 0 Å². The van der Waals surface area contributed by atoms with E-state index < -0.39 is 9.84 Å². The maximum Gasteiger partial charge on any atom is 0.249 e. The van der Waals surface area contributed by atoms with Gasteiger partial charge < -0.3 is 9.64 Å². The number of halogens is 1. The van der Waals surface area contributed by atoms with Gasteiger partial charge in [0.15, 0.2) is 15.5 Å². The van der Waals surface area contributed by atoms with Crippen LogP contribution in [0.5, 0.6) is 11.6 Å². The molecule has 9 heteroatoms. The predicted molar refractivity (Wildman–Crippen MR) is 136 cm³/mol. The van der Waals surface area contributed by atoms with Crippen molar-refractivity contribution in [2.75, 3.05) is 14.1 Å². The summed E-state index contributed by atoms with van der Waals surface area (Å²) in [5.41, 5.74) is 0.664. The molecule has 0 aliphatic rings. The SMILES string of the molecule is CN(C)/C=C\C(=O)c1nccnc1Oc1ccc(CS(=O)(=O)c2ccccc2Cl)c2ccccc12. The van der Waals surface area contributed by atoms with E-state index >= 15 is 0 Å². The topological polar surface area (TPSA) is 89.5 Å². The Kier molecular flexibility index (Phi) is 7.14. The Morgan fingerprint density at radius 2 is 1.66 bits per heavy atom. The third-order valence-corrected chi connectivity index (χ3v) is 7.28. The van der Waals surface area contributed by atoms with Gasteiger partial charge >= 0.3 is 0 Å². The first-order chi connectivity index (χ1) is 16.8. The van der Waals surface area contributed by atoms with E-state index in [4.69, 9.17) is 16.3 Å². The number of ketones is 1. The molecule has 0 saturated heterocycles. The molecule has 178 valence electrons. The molecular weight excluding hydrogens is 486 g/mol. The lowest BCUT2D eigenvalue weighted by Gasteiger charge is -2.13. The molecular formula is C26H22ClN3O4S. The zero-order chi connectivity index (χ0) is 25.0. The number of ether oxygens (including phenoxy) is 1. The first-order valence-electron chi connectivity index (χ1n) is 10.6. The summed E-state index contributed by atoms with van der Waals surface area (Å²) in [7, 11) is -0.0838. The Morgan fingerprint density at radius 1 is 0.971 bits per heavy atom. The first kappa shape index (κ1) is 24.4. The molecule has 1 aromatic heterocycles. The van der Waals surface area contributed by atoms with Gasteiger partial charge in [-0.3, -0.25) is 4.79 Å². The Hall–Kier alpha value is -3.75. The molecule has 35 heavy (non-hydrogen) atoms. The van der Waals surface area contributed by atoms with E-state index in [2.05, 4.69) is 9.97 Å². The molecule has 3 aromatic carbocycles. The smallest absolute Gasteiger partial charge is 0.249 e. The number of benzene rings is 3. The number of hydrogen-bond donors (Lipinski definition) is 0. The predicted octanol–water partition coefficient (Wildman–Crippen LogP) is 5.31. The maximum atomic E-state index is 13.1. The fraction of sp³-hybridized carbons (Fsp3) is 0.115. The Balaban J connectivity index is 1.71. The lowest BCUT2D eigenvalue weighted by atomic mass is 10.0. The zero-order valence-electron chi connectivity index (χ0n) is 19.1. The van der Waals surface area contributed by atoms with Crippen molar-refractivity contribution < 1.29 is 17.9 Å². The standard InChI is InChI=1S/C26H22ClN3O4S/c1-30(2)16-13-22(31)25-26(29-15-14-28-25)34-23-12-11-18(19-7-3-4-8-20(19)23)17-35(32,33)24-10-6-5-9-21(24)27/h3-16H,17H2,1-2H3/b16-13-. The summed E-state index contributed by atoms with van der Waals surface area (Å²) < 4.78 is 32.2. The second-order valence-electron chi connectivity index (χ2n) is 7.91. The van der Waals surface area contributed by atoms with E-state index in [1.54, 1.807) is 55.5 Å². The monoisotopic (exact) mass is 507 g/mol. The molecule has 1 heterocycles. The van der Waals surface area contributed by atoms with E-state index in [1.807, 2.05) is 24.3 Å². The van der Waals surface area contributed by atoms with Crippen molar-refractivity contribution in [2.24, 2.45) is 0 Å². The molecule has 0 bridgehead atoms. The number of sulfone groups is 1. The van der Waals surface area contributed by atoms with Gasteiger partial charge in [-0.1, -0.05) is 54.1 Å². The van der Waals surface area contributed by atoms with Crippen LogP contribution in [0.3, 0.4) is 0 Å². The summed E-state index contributed by atoms with van der Waals surface area (Å²) in [6.45, 7) is 0. The van der Waals surface area contributed by atoms with E-state index in [9.17, 15) is 13.2 Å². The molecule has 0 unspecified atom stereocenters. The molecule has 0 radical (unpaired) electrons. The van der Waals surface area contributed by atoms with E-state index in [0.717, 1.165) is 0 Å². The van der Waals surface area contributed by atoms with Crippen LogP contribution in [0.25, 0.3) is 10.8 Å². The highest BCUT2D eigenvalue weighted by Crippen LogP contribution is 2.34. The second-order valence-corrected chi connectivity index (χ2v) is 10.3. The molecule has 0 spiro atoms. The highest BCUT2D eigenvalue weighted by molar-refractivity contribution is 7.90. The molecule has 0 amide bonds. The molecule has 0 aliphatic heterocycles. The number of fused-ring (bicyclic) bond motifs is 1. The Bertz CT molecular complexity index is 1530. The molecule has 0 aliphatic carbocycles. The number of hydrogen-bond acceptors (Lipinski definition) is 7. The van der Waals surface area contributed by atoms with Gasteiger partial charge in [0, 0.05) is 44.2 Å². The molecule has 4 aromatic rings. The van der Waals surface area contributed by atoms with Crippen LogP contribution < -0.4 is 4.74 Å². The maximum absolute atomic E-state index is 13.1. The molecule has 0 atom stereocenters. The minimum absolute atomic E-state index is 0.0579. The summed E-state index contributed by atoms with van der Waals surface area (Å²) in [5, 5.41) is 1.55. The third kappa shape index (κ3) is 5.50. The number of carbonyl (C=O) groups excluding carboxylic acids is 1. The second kappa shape index (κ2) is 10.2. The van der Waals surface area contributed by atoms with Gasteiger partial charge in [-0.05, 0) is 29.1 Å². The molecule has 0 fully saturated rings. The fourth-order valence-electron chi connectivity index (χ4n) is 3.50. The van der Waals surface area contributed by atoms with Crippen molar-refractivity contribution in [3.63, 3.8) is 0 Å².